The Morgan fingerprint density at radius 3 is 3.13 bits per heavy atom. The summed E-state index contributed by atoms with van der Waals surface area (Å²) in [6.07, 6.45) is 1.15. The van der Waals surface area contributed by atoms with Gasteiger partial charge in [0, 0.05) is 18.2 Å². The second-order valence-corrected chi connectivity index (χ2v) is 3.93. The molecule has 2 aromatic heterocycles. The third-order valence-corrected chi connectivity index (χ3v) is 2.95. The van der Waals surface area contributed by atoms with E-state index in [0.717, 1.165) is 36.2 Å². The fraction of sp³-hybridized carbons (Fsp3) is 0.400. The minimum atomic E-state index is 0.521. The van der Waals surface area contributed by atoms with Gasteiger partial charge in [-0.15, -0.1) is 0 Å². The molecule has 2 aromatic rings. The van der Waals surface area contributed by atoms with E-state index in [2.05, 4.69) is 20.5 Å². The molecule has 4 N–H and O–H groups in total. The molecule has 3 heterocycles. The lowest BCUT2D eigenvalue weighted by Crippen LogP contribution is -2.08. The molecule has 0 bridgehead atoms. The van der Waals surface area contributed by atoms with Crippen molar-refractivity contribution in [2.24, 2.45) is 0 Å². The van der Waals surface area contributed by atoms with Crippen LogP contribution in [0, 0.1) is 0 Å². The second kappa shape index (κ2) is 3.20. The van der Waals surface area contributed by atoms with Gasteiger partial charge in [-0.2, -0.15) is 5.10 Å². The summed E-state index contributed by atoms with van der Waals surface area (Å²) in [6.45, 7) is 2.09. The van der Waals surface area contributed by atoms with Crippen molar-refractivity contribution < 1.29 is 0 Å². The average molecular weight is 203 g/mol. The van der Waals surface area contributed by atoms with Gasteiger partial charge >= 0.3 is 0 Å². The first-order valence-electron chi connectivity index (χ1n) is 5.16. The summed E-state index contributed by atoms with van der Waals surface area (Å²) in [5.74, 6) is 1.11. The Hall–Kier alpha value is -1.62. The fourth-order valence-corrected chi connectivity index (χ4v) is 2.07. The van der Waals surface area contributed by atoms with E-state index in [-0.39, 0.29) is 0 Å². The Balaban J connectivity index is 2.05. The van der Waals surface area contributed by atoms with Crippen LogP contribution >= 0.6 is 0 Å². The molecule has 3 rings (SSSR count). The summed E-state index contributed by atoms with van der Waals surface area (Å²) in [5, 5.41) is 11.1. The highest BCUT2D eigenvalue weighted by molar-refractivity contribution is 5.85. The highest BCUT2D eigenvalue weighted by Crippen LogP contribution is 2.23. The van der Waals surface area contributed by atoms with Crippen molar-refractivity contribution in [3.05, 3.63) is 17.8 Å². The molecule has 5 nitrogen and oxygen atoms in total. The number of nitrogens with zero attached hydrogens (tertiary/aromatic N) is 2. The minimum Gasteiger partial charge on any atom is -0.384 e. The molecule has 0 spiro atoms. The Morgan fingerprint density at radius 1 is 1.40 bits per heavy atom. The zero-order valence-electron chi connectivity index (χ0n) is 8.33. The highest BCUT2D eigenvalue weighted by Gasteiger charge is 2.18. The van der Waals surface area contributed by atoms with Crippen molar-refractivity contribution in [1.29, 1.82) is 0 Å². The Morgan fingerprint density at radius 2 is 2.33 bits per heavy atom. The van der Waals surface area contributed by atoms with Crippen LogP contribution in [0.3, 0.4) is 0 Å². The van der Waals surface area contributed by atoms with Gasteiger partial charge in [-0.25, -0.2) is 4.98 Å². The quantitative estimate of drug-likeness (QED) is 0.634. The minimum absolute atomic E-state index is 0.521. The molecule has 1 aliphatic rings. The second-order valence-electron chi connectivity index (χ2n) is 3.93. The summed E-state index contributed by atoms with van der Waals surface area (Å²) in [4.78, 5) is 4.52. The smallest absolute Gasteiger partial charge is 0.183 e. The molecule has 0 radical (unpaired) electrons. The third kappa shape index (κ3) is 1.35. The lowest BCUT2D eigenvalue weighted by atomic mass is 10.0. The number of pyridine rings is 1. The lowest BCUT2D eigenvalue weighted by molar-refractivity contribution is 0.738. The van der Waals surface area contributed by atoms with Gasteiger partial charge in [0.15, 0.2) is 5.65 Å². The van der Waals surface area contributed by atoms with Crippen LogP contribution in [0.5, 0.6) is 0 Å². The van der Waals surface area contributed by atoms with E-state index in [1.54, 1.807) is 0 Å². The summed E-state index contributed by atoms with van der Waals surface area (Å²) in [6, 6.07) is 4.04. The Kier molecular flexibility index (Phi) is 1.85. The van der Waals surface area contributed by atoms with Crippen LogP contribution in [0.15, 0.2) is 12.1 Å². The number of hydrogen-bond acceptors (Lipinski definition) is 4. The van der Waals surface area contributed by atoms with Crippen LogP contribution in [0.25, 0.3) is 11.0 Å². The van der Waals surface area contributed by atoms with Crippen molar-refractivity contribution >= 4 is 16.9 Å². The van der Waals surface area contributed by atoms with E-state index in [1.807, 2.05) is 12.1 Å². The van der Waals surface area contributed by atoms with Crippen LogP contribution in [-0.2, 0) is 0 Å². The van der Waals surface area contributed by atoms with E-state index in [9.17, 15) is 0 Å². The van der Waals surface area contributed by atoms with Crippen LogP contribution in [0.4, 0.5) is 5.82 Å². The van der Waals surface area contributed by atoms with Crippen LogP contribution in [0.2, 0.25) is 0 Å². The van der Waals surface area contributed by atoms with E-state index in [0.29, 0.717) is 11.7 Å². The van der Waals surface area contributed by atoms with Gasteiger partial charge in [-0.05, 0) is 25.1 Å². The molecule has 5 heteroatoms. The zero-order chi connectivity index (χ0) is 10.3. The van der Waals surface area contributed by atoms with E-state index < -0.39 is 0 Å². The summed E-state index contributed by atoms with van der Waals surface area (Å²) < 4.78 is 0. The maximum absolute atomic E-state index is 5.71. The molecule has 0 saturated carbocycles. The summed E-state index contributed by atoms with van der Waals surface area (Å²) in [7, 11) is 0. The number of nitrogens with two attached hydrogens (primary N) is 1. The standard InChI is InChI=1S/C10H13N5/c11-9-7-1-2-8(6-3-4-12-5-6)13-10(7)15-14-9/h1-2,6,12H,3-5H2,(H3,11,13,14,15)/t6-/m1/s1. The number of nitrogens with one attached hydrogen (secondary N) is 2. The van der Waals surface area contributed by atoms with Gasteiger partial charge in [0.05, 0.1) is 5.39 Å². The van der Waals surface area contributed by atoms with Gasteiger partial charge in [0.25, 0.3) is 0 Å². The third-order valence-electron chi connectivity index (χ3n) is 2.95. The molecular weight excluding hydrogens is 190 g/mol. The number of rotatable bonds is 1. The van der Waals surface area contributed by atoms with Gasteiger partial charge in [-0.3, -0.25) is 5.10 Å². The maximum atomic E-state index is 5.71. The predicted molar refractivity (Wildman–Crippen MR) is 58.5 cm³/mol. The molecule has 1 saturated heterocycles. The SMILES string of the molecule is Nc1[nH]nc2nc([C@@H]3CCNC3)ccc12. The number of hydrogen-bond donors (Lipinski definition) is 3. The first kappa shape index (κ1) is 8.67. The maximum Gasteiger partial charge on any atom is 0.183 e. The van der Waals surface area contributed by atoms with Gasteiger partial charge in [0.1, 0.15) is 5.82 Å². The lowest BCUT2D eigenvalue weighted by Gasteiger charge is -2.06. The normalized spacial score (nSPS) is 21.2. The molecule has 0 amide bonds. The monoisotopic (exact) mass is 203 g/mol. The first-order valence-corrected chi connectivity index (χ1v) is 5.16. The molecule has 0 unspecified atom stereocenters. The number of aromatic nitrogens is 3. The molecular formula is C10H13N5. The topological polar surface area (TPSA) is 79.6 Å². The highest BCUT2D eigenvalue weighted by atomic mass is 15.2. The number of anilines is 1. The van der Waals surface area contributed by atoms with E-state index in [4.69, 9.17) is 5.73 Å². The summed E-state index contributed by atoms with van der Waals surface area (Å²) in [5.41, 5.74) is 7.54. The van der Waals surface area contributed by atoms with Crippen molar-refractivity contribution in [2.45, 2.75) is 12.3 Å². The molecule has 1 aliphatic heterocycles. The number of fused-ring (bicyclic) bond motifs is 1. The van der Waals surface area contributed by atoms with Crippen molar-refractivity contribution in [1.82, 2.24) is 20.5 Å². The Labute approximate surface area is 87.1 Å². The van der Waals surface area contributed by atoms with Gasteiger partial charge in [0.2, 0.25) is 0 Å². The van der Waals surface area contributed by atoms with Gasteiger partial charge < -0.3 is 11.1 Å². The number of nitrogen functional groups attached to an aromatic ring is 1. The molecule has 0 aliphatic carbocycles. The van der Waals surface area contributed by atoms with Crippen LogP contribution in [0.1, 0.15) is 18.0 Å². The first-order chi connectivity index (χ1) is 7.34. The van der Waals surface area contributed by atoms with Crippen molar-refractivity contribution in [2.75, 3.05) is 18.8 Å². The molecule has 1 fully saturated rings. The van der Waals surface area contributed by atoms with Crippen molar-refractivity contribution in [3.63, 3.8) is 0 Å². The van der Waals surface area contributed by atoms with Crippen LogP contribution in [-0.4, -0.2) is 28.3 Å². The molecule has 78 valence electrons. The molecule has 0 aromatic carbocycles. The van der Waals surface area contributed by atoms with E-state index >= 15 is 0 Å². The fourth-order valence-electron chi connectivity index (χ4n) is 2.07. The number of H-pyrrole nitrogens is 1. The molecule has 1 atom stereocenters. The average Bonchev–Trinajstić information content (AvgIpc) is 2.88. The Bertz CT molecular complexity index is 484. The van der Waals surface area contributed by atoms with Crippen molar-refractivity contribution in [3.8, 4) is 0 Å². The largest absolute Gasteiger partial charge is 0.384 e. The van der Waals surface area contributed by atoms with Gasteiger partial charge in [-0.1, -0.05) is 0 Å². The predicted octanol–water partition coefficient (Wildman–Crippen LogP) is 0.617. The zero-order valence-corrected chi connectivity index (χ0v) is 8.33. The summed E-state index contributed by atoms with van der Waals surface area (Å²) >= 11 is 0. The van der Waals surface area contributed by atoms with Crippen LogP contribution < -0.4 is 11.1 Å². The number of aromatic amines is 1. The molecule has 15 heavy (non-hydrogen) atoms. The van der Waals surface area contributed by atoms with E-state index in [1.165, 1.54) is 0 Å².